The Morgan fingerprint density at radius 3 is 2.40 bits per heavy atom. The van der Waals surface area contributed by atoms with Gasteiger partial charge in [-0.2, -0.15) is 0 Å². The number of rotatable bonds is 8. The molecule has 2 atom stereocenters. The molecule has 7 heteroatoms. The van der Waals surface area contributed by atoms with Crippen LogP contribution in [0.4, 0.5) is 0 Å². The summed E-state index contributed by atoms with van der Waals surface area (Å²) in [6.07, 6.45) is 1.45. The summed E-state index contributed by atoms with van der Waals surface area (Å²) in [5, 5.41) is 14.1. The molecule has 2 aromatic rings. The zero-order valence-electron chi connectivity index (χ0n) is 13.8. The molecule has 7 nitrogen and oxygen atoms in total. The highest BCUT2D eigenvalue weighted by Gasteiger charge is 2.24. The van der Waals surface area contributed by atoms with Gasteiger partial charge in [0.2, 0.25) is 5.91 Å². The first-order valence-electron chi connectivity index (χ1n) is 7.86. The minimum Gasteiger partial charge on any atom is -0.481 e. The van der Waals surface area contributed by atoms with Crippen LogP contribution in [0.15, 0.2) is 53.1 Å². The summed E-state index contributed by atoms with van der Waals surface area (Å²) in [5.74, 6) is -1.86. The minimum atomic E-state index is -1.01. The van der Waals surface area contributed by atoms with Gasteiger partial charge >= 0.3 is 5.97 Å². The average Bonchev–Trinajstić information content (AvgIpc) is 3.08. The fourth-order valence-corrected chi connectivity index (χ4v) is 2.35. The van der Waals surface area contributed by atoms with Crippen molar-refractivity contribution in [1.82, 2.24) is 10.6 Å². The molecule has 3 N–H and O–H groups in total. The number of nitrogens with one attached hydrogen (secondary N) is 2. The van der Waals surface area contributed by atoms with Crippen molar-refractivity contribution >= 4 is 17.8 Å². The van der Waals surface area contributed by atoms with Crippen molar-refractivity contribution in [3.05, 3.63) is 60.1 Å². The Labute approximate surface area is 145 Å². The lowest BCUT2D eigenvalue weighted by Gasteiger charge is -2.20. The molecule has 25 heavy (non-hydrogen) atoms. The predicted octanol–water partition coefficient (Wildman–Crippen LogP) is 1.60. The van der Waals surface area contributed by atoms with E-state index in [1.165, 1.54) is 12.3 Å². The van der Waals surface area contributed by atoms with Crippen molar-refractivity contribution in [2.75, 3.05) is 0 Å². The fraction of sp³-hybridized carbons (Fsp3) is 0.278. The minimum absolute atomic E-state index is 0.101. The predicted molar refractivity (Wildman–Crippen MR) is 90.0 cm³/mol. The van der Waals surface area contributed by atoms with Gasteiger partial charge in [-0.3, -0.25) is 14.4 Å². The Bertz CT molecular complexity index is 712. The number of furan rings is 1. The van der Waals surface area contributed by atoms with Crippen LogP contribution >= 0.6 is 0 Å². The molecule has 0 saturated heterocycles. The van der Waals surface area contributed by atoms with Crippen LogP contribution in [0.25, 0.3) is 0 Å². The lowest BCUT2D eigenvalue weighted by molar-refractivity contribution is -0.137. The zero-order chi connectivity index (χ0) is 18.2. The van der Waals surface area contributed by atoms with Crippen molar-refractivity contribution in [1.29, 1.82) is 0 Å². The van der Waals surface area contributed by atoms with Gasteiger partial charge in [-0.05, 0) is 24.6 Å². The smallest absolute Gasteiger partial charge is 0.305 e. The Morgan fingerprint density at radius 1 is 1.08 bits per heavy atom. The van der Waals surface area contributed by atoms with Crippen LogP contribution in [0.1, 0.15) is 29.5 Å². The van der Waals surface area contributed by atoms with E-state index in [1.807, 2.05) is 30.3 Å². The molecule has 0 aliphatic carbocycles. The summed E-state index contributed by atoms with van der Waals surface area (Å²) in [6, 6.07) is 10.9. The van der Waals surface area contributed by atoms with Crippen molar-refractivity contribution in [3.63, 3.8) is 0 Å². The van der Waals surface area contributed by atoms with E-state index >= 15 is 0 Å². The number of benzene rings is 1. The van der Waals surface area contributed by atoms with E-state index < -0.39 is 29.9 Å². The lowest BCUT2D eigenvalue weighted by Crippen LogP contribution is -2.50. The molecule has 1 heterocycles. The molecule has 0 fully saturated rings. The van der Waals surface area contributed by atoms with Crippen LogP contribution < -0.4 is 10.6 Å². The summed E-state index contributed by atoms with van der Waals surface area (Å²) in [4.78, 5) is 35.4. The number of carboxylic acids is 1. The van der Waals surface area contributed by atoms with E-state index in [2.05, 4.69) is 10.6 Å². The van der Waals surface area contributed by atoms with Crippen LogP contribution in [-0.4, -0.2) is 35.0 Å². The lowest BCUT2D eigenvalue weighted by atomic mass is 10.0. The maximum absolute atomic E-state index is 12.5. The third-order valence-electron chi connectivity index (χ3n) is 3.52. The molecule has 2 amide bonds. The molecule has 2 rings (SSSR count). The quantitative estimate of drug-likeness (QED) is 0.674. The Morgan fingerprint density at radius 2 is 1.80 bits per heavy atom. The van der Waals surface area contributed by atoms with Crippen LogP contribution in [0.3, 0.4) is 0 Å². The molecule has 1 aromatic heterocycles. The molecule has 0 aliphatic heterocycles. The number of carboxylic acid groups (broad SMARTS) is 1. The Balaban J connectivity index is 2.09. The second-order valence-corrected chi connectivity index (χ2v) is 5.70. The summed E-state index contributed by atoms with van der Waals surface area (Å²) in [5.41, 5.74) is 0.869. The number of carbonyl (C=O) groups excluding carboxylic acids is 2. The standard InChI is InChI=1S/C18H20N2O5/c1-12(10-16(21)22)19-17(23)14(11-13-6-3-2-4-7-13)20-18(24)15-8-5-9-25-15/h2-9,12,14H,10-11H2,1H3,(H,19,23)(H,20,24)(H,21,22). The zero-order valence-corrected chi connectivity index (χ0v) is 13.8. The van der Waals surface area contributed by atoms with Crippen LogP contribution in [0, 0.1) is 0 Å². The molecule has 2 unspecified atom stereocenters. The number of amides is 2. The number of hydrogen-bond donors (Lipinski definition) is 3. The second kappa shape index (κ2) is 8.68. The van der Waals surface area contributed by atoms with E-state index in [0.717, 1.165) is 5.56 Å². The topological polar surface area (TPSA) is 109 Å². The van der Waals surface area contributed by atoms with Crippen LogP contribution in [-0.2, 0) is 16.0 Å². The van der Waals surface area contributed by atoms with Gasteiger partial charge in [-0.15, -0.1) is 0 Å². The third kappa shape index (κ3) is 5.80. The van der Waals surface area contributed by atoms with Crippen molar-refractivity contribution in [2.24, 2.45) is 0 Å². The van der Waals surface area contributed by atoms with Gasteiger partial charge < -0.3 is 20.2 Å². The van der Waals surface area contributed by atoms with Crippen molar-refractivity contribution in [2.45, 2.75) is 31.8 Å². The van der Waals surface area contributed by atoms with Gasteiger partial charge in [0.25, 0.3) is 5.91 Å². The van der Waals surface area contributed by atoms with E-state index in [-0.39, 0.29) is 18.6 Å². The SMILES string of the molecule is CC(CC(=O)O)NC(=O)C(Cc1ccccc1)NC(=O)c1ccco1. The fourth-order valence-electron chi connectivity index (χ4n) is 2.35. The number of carbonyl (C=O) groups is 3. The molecular weight excluding hydrogens is 324 g/mol. The Kier molecular flexibility index (Phi) is 6.33. The van der Waals surface area contributed by atoms with E-state index in [9.17, 15) is 14.4 Å². The third-order valence-corrected chi connectivity index (χ3v) is 3.52. The molecule has 132 valence electrons. The maximum Gasteiger partial charge on any atom is 0.305 e. The first-order chi connectivity index (χ1) is 12.0. The molecule has 1 aromatic carbocycles. The largest absolute Gasteiger partial charge is 0.481 e. The highest BCUT2D eigenvalue weighted by atomic mass is 16.4. The maximum atomic E-state index is 12.5. The molecule has 0 radical (unpaired) electrons. The molecule has 0 saturated carbocycles. The van der Waals surface area contributed by atoms with Gasteiger partial charge in [0.1, 0.15) is 6.04 Å². The highest BCUT2D eigenvalue weighted by molar-refractivity contribution is 5.95. The number of hydrogen-bond acceptors (Lipinski definition) is 4. The monoisotopic (exact) mass is 344 g/mol. The van der Waals surface area contributed by atoms with Gasteiger partial charge in [0, 0.05) is 12.5 Å². The molecule has 0 aliphatic rings. The molecule has 0 bridgehead atoms. The first-order valence-corrected chi connectivity index (χ1v) is 7.86. The van der Waals surface area contributed by atoms with Crippen LogP contribution in [0.2, 0.25) is 0 Å². The summed E-state index contributed by atoms with van der Waals surface area (Å²) in [6.45, 7) is 1.60. The van der Waals surface area contributed by atoms with Gasteiger partial charge in [0.05, 0.1) is 12.7 Å². The van der Waals surface area contributed by atoms with Crippen molar-refractivity contribution in [3.8, 4) is 0 Å². The number of aliphatic carboxylic acids is 1. The van der Waals surface area contributed by atoms with Gasteiger partial charge in [-0.1, -0.05) is 30.3 Å². The summed E-state index contributed by atoms with van der Waals surface area (Å²) >= 11 is 0. The highest BCUT2D eigenvalue weighted by Crippen LogP contribution is 2.07. The second-order valence-electron chi connectivity index (χ2n) is 5.70. The normalized spacial score (nSPS) is 12.8. The van der Waals surface area contributed by atoms with Crippen LogP contribution in [0.5, 0.6) is 0 Å². The Hall–Kier alpha value is -3.09. The van der Waals surface area contributed by atoms with Crippen molar-refractivity contribution < 1.29 is 23.9 Å². The molecular formula is C18H20N2O5. The summed E-state index contributed by atoms with van der Waals surface area (Å²) < 4.78 is 5.04. The van der Waals surface area contributed by atoms with E-state index in [4.69, 9.17) is 9.52 Å². The van der Waals surface area contributed by atoms with Gasteiger partial charge in [0.15, 0.2) is 5.76 Å². The summed E-state index contributed by atoms with van der Waals surface area (Å²) in [7, 11) is 0. The van der Waals surface area contributed by atoms with Gasteiger partial charge in [-0.25, -0.2) is 0 Å². The van der Waals surface area contributed by atoms with E-state index in [0.29, 0.717) is 0 Å². The van der Waals surface area contributed by atoms with E-state index in [1.54, 1.807) is 13.0 Å². The molecule has 0 spiro atoms. The average molecular weight is 344 g/mol. The first kappa shape index (κ1) is 18.3.